The molecule has 0 aromatic rings. The Labute approximate surface area is 82.0 Å². The highest BCUT2D eigenvalue weighted by Gasteiger charge is 2.00. The average Bonchev–Trinajstić information content (AvgIpc) is 2.05. The molecule has 0 saturated carbocycles. The minimum Gasteiger partial charge on any atom is -0.396 e. The van der Waals surface area contributed by atoms with E-state index in [0.717, 1.165) is 12.8 Å². The average molecular weight is 190 g/mol. The highest BCUT2D eigenvalue weighted by atomic mass is 32.1. The van der Waals surface area contributed by atoms with Crippen LogP contribution in [0.1, 0.15) is 51.9 Å². The zero-order valence-corrected chi connectivity index (χ0v) is 9.02. The fourth-order valence-corrected chi connectivity index (χ4v) is 1.57. The van der Waals surface area contributed by atoms with Crippen LogP contribution in [0.5, 0.6) is 0 Å². The smallest absolute Gasteiger partial charge is 0.0441 e. The highest BCUT2D eigenvalue weighted by molar-refractivity contribution is 7.80. The topological polar surface area (TPSA) is 20.2 Å². The molecule has 0 aliphatic rings. The summed E-state index contributed by atoms with van der Waals surface area (Å²) >= 11 is 4.38. The zero-order chi connectivity index (χ0) is 9.23. The van der Waals surface area contributed by atoms with E-state index in [1.807, 2.05) is 0 Å². The maximum absolute atomic E-state index is 8.63. The van der Waals surface area contributed by atoms with Crippen molar-refractivity contribution in [2.45, 2.75) is 57.1 Å². The van der Waals surface area contributed by atoms with Crippen molar-refractivity contribution in [2.75, 3.05) is 6.61 Å². The molecule has 0 aromatic heterocycles. The van der Waals surface area contributed by atoms with E-state index in [1.54, 1.807) is 0 Å². The van der Waals surface area contributed by atoms with Gasteiger partial charge in [-0.1, -0.05) is 39.0 Å². The molecule has 1 unspecified atom stereocenters. The van der Waals surface area contributed by atoms with E-state index in [4.69, 9.17) is 5.11 Å². The van der Waals surface area contributed by atoms with Gasteiger partial charge in [-0.3, -0.25) is 0 Å². The second kappa shape index (κ2) is 9.40. The van der Waals surface area contributed by atoms with Crippen molar-refractivity contribution in [3.05, 3.63) is 0 Å². The summed E-state index contributed by atoms with van der Waals surface area (Å²) in [7, 11) is 0. The van der Waals surface area contributed by atoms with Crippen molar-refractivity contribution in [1.82, 2.24) is 0 Å². The molecule has 12 heavy (non-hydrogen) atoms. The van der Waals surface area contributed by atoms with Crippen LogP contribution >= 0.6 is 12.6 Å². The van der Waals surface area contributed by atoms with Crippen LogP contribution in [0.2, 0.25) is 0 Å². The summed E-state index contributed by atoms with van der Waals surface area (Å²) in [5, 5.41) is 9.04. The van der Waals surface area contributed by atoms with Crippen molar-refractivity contribution < 1.29 is 5.11 Å². The number of thiol groups is 1. The number of aliphatic hydroxyl groups excluding tert-OH is 1. The molecule has 0 aliphatic carbocycles. The Morgan fingerprint density at radius 1 is 1.08 bits per heavy atom. The number of hydrogen-bond acceptors (Lipinski definition) is 2. The molecule has 1 N–H and O–H groups in total. The van der Waals surface area contributed by atoms with Crippen LogP contribution in [0.4, 0.5) is 0 Å². The van der Waals surface area contributed by atoms with Crippen LogP contribution in [-0.2, 0) is 0 Å². The van der Waals surface area contributed by atoms with Gasteiger partial charge in [0.2, 0.25) is 0 Å². The summed E-state index contributed by atoms with van der Waals surface area (Å²) in [5.74, 6) is 0. The van der Waals surface area contributed by atoms with E-state index in [-0.39, 0.29) is 6.61 Å². The molecule has 0 radical (unpaired) electrons. The monoisotopic (exact) mass is 190 g/mol. The van der Waals surface area contributed by atoms with Crippen molar-refractivity contribution in [1.29, 1.82) is 0 Å². The largest absolute Gasteiger partial charge is 0.396 e. The van der Waals surface area contributed by atoms with Gasteiger partial charge >= 0.3 is 0 Å². The molecule has 0 amide bonds. The lowest BCUT2D eigenvalue weighted by molar-refractivity contribution is 0.285. The van der Waals surface area contributed by atoms with Gasteiger partial charge < -0.3 is 5.11 Å². The van der Waals surface area contributed by atoms with Gasteiger partial charge in [0, 0.05) is 11.9 Å². The third-order valence-corrected chi connectivity index (χ3v) is 2.62. The number of unbranched alkanes of at least 4 members (excludes halogenated alkanes) is 4. The fraction of sp³-hybridized carbons (Fsp3) is 1.00. The summed E-state index contributed by atoms with van der Waals surface area (Å²) in [5.41, 5.74) is 0. The van der Waals surface area contributed by atoms with E-state index in [1.165, 1.54) is 32.1 Å². The molecule has 74 valence electrons. The molecule has 0 rings (SSSR count). The highest BCUT2D eigenvalue weighted by Crippen LogP contribution is 2.12. The first-order chi connectivity index (χ1) is 5.81. The summed E-state index contributed by atoms with van der Waals surface area (Å²) in [6.07, 6.45) is 8.63. The van der Waals surface area contributed by atoms with Gasteiger partial charge in [0.15, 0.2) is 0 Å². The Morgan fingerprint density at radius 2 is 1.75 bits per heavy atom. The first-order valence-corrected chi connectivity index (χ1v) is 5.61. The molecule has 1 nitrogen and oxygen atoms in total. The molecule has 0 heterocycles. The van der Waals surface area contributed by atoms with Crippen molar-refractivity contribution in [3.8, 4) is 0 Å². The van der Waals surface area contributed by atoms with E-state index < -0.39 is 0 Å². The summed E-state index contributed by atoms with van der Waals surface area (Å²) < 4.78 is 0. The Morgan fingerprint density at radius 3 is 2.33 bits per heavy atom. The minimum absolute atomic E-state index is 0.281. The van der Waals surface area contributed by atoms with Crippen molar-refractivity contribution in [2.24, 2.45) is 0 Å². The molecule has 0 aliphatic heterocycles. The third-order valence-electron chi connectivity index (χ3n) is 2.10. The lowest BCUT2D eigenvalue weighted by Crippen LogP contribution is -2.01. The van der Waals surface area contributed by atoms with Crippen molar-refractivity contribution in [3.63, 3.8) is 0 Å². The van der Waals surface area contributed by atoms with E-state index in [0.29, 0.717) is 5.25 Å². The number of rotatable bonds is 8. The van der Waals surface area contributed by atoms with Crippen LogP contribution in [0.15, 0.2) is 0 Å². The Kier molecular flexibility index (Phi) is 9.64. The zero-order valence-electron chi connectivity index (χ0n) is 8.13. The standard InChI is InChI=1S/C10H22OS/c1-2-3-4-5-6-7-10(12)8-9-11/h10-12H,2-9H2,1H3. The summed E-state index contributed by atoms with van der Waals surface area (Å²) in [4.78, 5) is 0. The van der Waals surface area contributed by atoms with Crippen LogP contribution in [0.3, 0.4) is 0 Å². The molecular formula is C10H22OS. The lowest BCUT2D eigenvalue weighted by atomic mass is 10.1. The Balaban J connectivity index is 2.97. The van der Waals surface area contributed by atoms with Gasteiger partial charge in [-0.15, -0.1) is 0 Å². The summed E-state index contributed by atoms with van der Waals surface area (Å²) in [6.45, 7) is 2.51. The predicted octanol–water partition coefficient (Wildman–Crippen LogP) is 3.03. The van der Waals surface area contributed by atoms with Crippen LogP contribution in [0, 0.1) is 0 Å². The lowest BCUT2D eigenvalue weighted by Gasteiger charge is -2.07. The normalized spacial score (nSPS) is 13.2. The second-order valence-electron chi connectivity index (χ2n) is 3.37. The molecule has 1 atom stereocenters. The molecular weight excluding hydrogens is 168 g/mol. The fourth-order valence-electron chi connectivity index (χ4n) is 1.28. The van der Waals surface area contributed by atoms with Gasteiger partial charge in [-0.25, -0.2) is 0 Å². The number of hydrogen-bond donors (Lipinski definition) is 2. The molecule has 0 fully saturated rings. The molecule has 0 bridgehead atoms. The molecule has 0 spiro atoms. The van der Waals surface area contributed by atoms with Gasteiger partial charge in [-0.05, 0) is 12.8 Å². The molecule has 0 aromatic carbocycles. The Bertz CT molecular complexity index is 85.9. The van der Waals surface area contributed by atoms with Crippen LogP contribution in [-0.4, -0.2) is 17.0 Å². The first kappa shape index (κ1) is 12.3. The SMILES string of the molecule is CCCCCCCC(S)CCO. The van der Waals surface area contributed by atoms with Crippen LogP contribution < -0.4 is 0 Å². The van der Waals surface area contributed by atoms with E-state index in [2.05, 4.69) is 19.6 Å². The van der Waals surface area contributed by atoms with Gasteiger partial charge in [0.25, 0.3) is 0 Å². The molecule has 0 saturated heterocycles. The van der Waals surface area contributed by atoms with Gasteiger partial charge in [0.05, 0.1) is 0 Å². The van der Waals surface area contributed by atoms with E-state index in [9.17, 15) is 0 Å². The third kappa shape index (κ3) is 8.41. The second-order valence-corrected chi connectivity index (χ2v) is 4.10. The van der Waals surface area contributed by atoms with Gasteiger partial charge in [0.1, 0.15) is 0 Å². The maximum atomic E-state index is 8.63. The maximum Gasteiger partial charge on any atom is 0.0441 e. The Hall–Kier alpha value is 0.310. The minimum atomic E-state index is 0.281. The predicted molar refractivity (Wildman–Crippen MR) is 57.9 cm³/mol. The summed E-state index contributed by atoms with van der Waals surface area (Å²) in [6, 6.07) is 0. The van der Waals surface area contributed by atoms with Crippen LogP contribution in [0.25, 0.3) is 0 Å². The molecule has 2 heteroatoms. The first-order valence-electron chi connectivity index (χ1n) is 5.10. The van der Waals surface area contributed by atoms with Gasteiger partial charge in [-0.2, -0.15) is 12.6 Å². The quantitative estimate of drug-likeness (QED) is 0.445. The van der Waals surface area contributed by atoms with Crippen molar-refractivity contribution >= 4 is 12.6 Å². The number of aliphatic hydroxyl groups is 1. The van der Waals surface area contributed by atoms with E-state index >= 15 is 0 Å².